The minimum atomic E-state index is -0.718. The Labute approximate surface area is 250 Å². The summed E-state index contributed by atoms with van der Waals surface area (Å²) in [7, 11) is 3.14. The summed E-state index contributed by atoms with van der Waals surface area (Å²) in [6, 6.07) is 9.26. The molecule has 4 aliphatic rings. The zero-order chi connectivity index (χ0) is 30.9. The molecule has 11 nitrogen and oxygen atoms in total. The summed E-state index contributed by atoms with van der Waals surface area (Å²) in [5, 5.41) is 9.01. The van der Waals surface area contributed by atoms with Gasteiger partial charge in [0.2, 0.25) is 13.1 Å². The summed E-state index contributed by atoms with van der Waals surface area (Å²) in [5.41, 5.74) is 2.50. The third-order valence-corrected chi connectivity index (χ3v) is 7.18. The number of methoxy groups -OCH3 is 2. The fourth-order valence-corrected chi connectivity index (χ4v) is 5.57. The molecule has 2 saturated heterocycles. The normalized spacial score (nSPS) is 22.0. The largest absolute Gasteiger partial charge is 0.493 e. The summed E-state index contributed by atoms with van der Waals surface area (Å²) in [6.45, 7) is 9.83. The molecule has 2 fully saturated rings. The highest BCUT2D eigenvalue weighted by Crippen LogP contribution is 2.50. The number of carbonyl (C=O) groups excluding carboxylic acids is 1. The standard InChI is InChI=1S/C28H26O10.C2H6O.C2H6/c1-28(2)37-21-10-22(36-27(21)38-28)35-25-15-9-19(31-4)18(30-3)8-14(15)23(24-16(25)11-32-26(24)29)13-5-6-17-20(7-13)34-12-33-17;1-2-3;1-2/h5-9,21-22,27H,10-12H2,1-4H3;3H,2H2,1H3;1-2H3. The number of fused-ring (bicyclic) bond motifs is 4. The highest BCUT2D eigenvalue weighted by Gasteiger charge is 2.50. The lowest BCUT2D eigenvalue weighted by Gasteiger charge is -2.23. The van der Waals surface area contributed by atoms with Gasteiger partial charge in [0.05, 0.1) is 19.8 Å². The van der Waals surface area contributed by atoms with Crippen LogP contribution in [0.3, 0.4) is 0 Å². The van der Waals surface area contributed by atoms with Crippen molar-refractivity contribution in [2.24, 2.45) is 0 Å². The summed E-state index contributed by atoms with van der Waals surface area (Å²) >= 11 is 0. The average Bonchev–Trinajstić information content (AvgIpc) is 3.76. The van der Waals surface area contributed by atoms with E-state index in [1.54, 1.807) is 21.1 Å². The van der Waals surface area contributed by atoms with Crippen molar-refractivity contribution in [3.63, 3.8) is 0 Å². The van der Waals surface area contributed by atoms with Crippen LogP contribution in [-0.4, -0.2) is 63.2 Å². The number of benzene rings is 3. The molecule has 0 aliphatic carbocycles. The van der Waals surface area contributed by atoms with Crippen LogP contribution in [0.5, 0.6) is 28.7 Å². The summed E-state index contributed by atoms with van der Waals surface area (Å²) in [5.74, 6) is 1.60. The third-order valence-electron chi connectivity index (χ3n) is 7.18. The molecule has 1 N–H and O–H groups in total. The van der Waals surface area contributed by atoms with Crippen LogP contribution in [0.15, 0.2) is 30.3 Å². The molecule has 43 heavy (non-hydrogen) atoms. The Bertz CT molecular complexity index is 1480. The van der Waals surface area contributed by atoms with Gasteiger partial charge in [0.1, 0.15) is 18.5 Å². The Kier molecular flexibility index (Phi) is 8.89. The predicted molar refractivity (Wildman–Crippen MR) is 156 cm³/mol. The number of ether oxygens (including phenoxy) is 9. The fraction of sp³-hybridized carbons (Fsp3) is 0.469. The van der Waals surface area contributed by atoms with E-state index in [0.29, 0.717) is 51.9 Å². The van der Waals surface area contributed by atoms with Gasteiger partial charge in [-0.1, -0.05) is 19.9 Å². The summed E-state index contributed by atoms with van der Waals surface area (Å²) in [4.78, 5) is 13.2. The van der Waals surface area contributed by atoms with Crippen LogP contribution in [-0.2, 0) is 25.6 Å². The van der Waals surface area contributed by atoms with E-state index in [4.69, 9.17) is 47.7 Å². The van der Waals surface area contributed by atoms with Gasteiger partial charge in [-0.2, -0.15) is 0 Å². The molecular formula is C32H38O11. The molecule has 0 bridgehead atoms. The molecule has 3 atom stereocenters. The number of carbonyl (C=O) groups is 1. The first kappa shape index (κ1) is 30.7. The van der Waals surface area contributed by atoms with Gasteiger partial charge in [-0.15, -0.1) is 0 Å². The third kappa shape index (κ3) is 5.65. The number of hydrogen-bond acceptors (Lipinski definition) is 11. The van der Waals surface area contributed by atoms with E-state index in [-0.39, 0.29) is 26.1 Å². The minimum Gasteiger partial charge on any atom is -0.493 e. The molecule has 232 valence electrons. The molecule has 7 rings (SSSR count). The number of hydrogen-bond donors (Lipinski definition) is 1. The van der Waals surface area contributed by atoms with Crippen molar-refractivity contribution < 1.29 is 52.5 Å². The molecule has 3 unspecified atom stereocenters. The van der Waals surface area contributed by atoms with Gasteiger partial charge in [0, 0.05) is 29.5 Å². The van der Waals surface area contributed by atoms with E-state index in [2.05, 4.69) is 0 Å². The lowest BCUT2D eigenvalue weighted by Crippen LogP contribution is -2.26. The van der Waals surface area contributed by atoms with E-state index in [9.17, 15) is 4.79 Å². The molecule has 4 aliphatic heterocycles. The molecule has 0 spiro atoms. The van der Waals surface area contributed by atoms with Crippen molar-refractivity contribution in [1.29, 1.82) is 0 Å². The van der Waals surface area contributed by atoms with E-state index < -0.39 is 24.3 Å². The highest BCUT2D eigenvalue weighted by molar-refractivity contribution is 6.14. The van der Waals surface area contributed by atoms with E-state index in [1.165, 1.54) is 0 Å². The quantitative estimate of drug-likeness (QED) is 0.372. The predicted octanol–water partition coefficient (Wildman–Crippen LogP) is 5.55. The second kappa shape index (κ2) is 12.5. The number of aliphatic hydroxyl groups excluding tert-OH is 1. The van der Waals surface area contributed by atoms with Crippen molar-refractivity contribution in [1.82, 2.24) is 0 Å². The monoisotopic (exact) mass is 598 g/mol. The second-order valence-corrected chi connectivity index (χ2v) is 10.2. The van der Waals surface area contributed by atoms with Crippen molar-refractivity contribution in [3.8, 4) is 39.9 Å². The summed E-state index contributed by atoms with van der Waals surface area (Å²) < 4.78 is 52.2. The number of esters is 1. The minimum absolute atomic E-state index is 0.0605. The topological polar surface area (TPSA) is 120 Å². The molecule has 11 heteroatoms. The smallest absolute Gasteiger partial charge is 0.339 e. The van der Waals surface area contributed by atoms with Gasteiger partial charge in [0.15, 0.2) is 35.1 Å². The van der Waals surface area contributed by atoms with Crippen LogP contribution in [0.4, 0.5) is 0 Å². The van der Waals surface area contributed by atoms with Crippen LogP contribution < -0.4 is 23.7 Å². The van der Waals surface area contributed by atoms with Crippen LogP contribution in [0.1, 0.15) is 57.0 Å². The first-order valence-electron chi connectivity index (χ1n) is 14.4. The Morgan fingerprint density at radius 3 is 2.28 bits per heavy atom. The first-order chi connectivity index (χ1) is 20.8. The average molecular weight is 599 g/mol. The maximum atomic E-state index is 13.2. The number of rotatable bonds is 5. The first-order valence-corrected chi connectivity index (χ1v) is 14.4. The lowest BCUT2D eigenvalue weighted by molar-refractivity contribution is -0.228. The summed E-state index contributed by atoms with van der Waals surface area (Å²) in [6.07, 6.45) is -0.964. The zero-order valence-corrected chi connectivity index (χ0v) is 25.5. The van der Waals surface area contributed by atoms with Gasteiger partial charge in [-0.25, -0.2) is 4.79 Å². The van der Waals surface area contributed by atoms with Gasteiger partial charge in [0.25, 0.3) is 0 Å². The Hall–Kier alpha value is -3.77. The number of cyclic esters (lactones) is 1. The van der Waals surface area contributed by atoms with Gasteiger partial charge in [-0.3, -0.25) is 0 Å². The molecule has 0 amide bonds. The van der Waals surface area contributed by atoms with Crippen molar-refractivity contribution >= 4 is 16.7 Å². The Morgan fingerprint density at radius 1 is 0.930 bits per heavy atom. The van der Waals surface area contributed by atoms with Crippen LogP contribution >= 0.6 is 0 Å². The highest BCUT2D eigenvalue weighted by atomic mass is 16.9. The van der Waals surface area contributed by atoms with Gasteiger partial charge >= 0.3 is 5.97 Å². The second-order valence-electron chi connectivity index (χ2n) is 10.2. The SMILES string of the molecule is CC.CCO.COc1cc2c(OC3CC4OC(C)(C)OC4O3)c3c(c(-c4ccc5c(c4)OCO5)c2cc1OC)C(=O)OC3. The van der Waals surface area contributed by atoms with Crippen LogP contribution in [0.25, 0.3) is 21.9 Å². The van der Waals surface area contributed by atoms with Crippen LogP contribution in [0, 0.1) is 0 Å². The molecule has 3 aromatic rings. The van der Waals surface area contributed by atoms with Crippen molar-refractivity contribution in [2.45, 2.75) is 72.1 Å². The van der Waals surface area contributed by atoms with Crippen molar-refractivity contribution in [3.05, 3.63) is 41.5 Å². The Morgan fingerprint density at radius 2 is 1.60 bits per heavy atom. The van der Waals surface area contributed by atoms with E-state index >= 15 is 0 Å². The lowest BCUT2D eigenvalue weighted by atomic mass is 9.89. The van der Waals surface area contributed by atoms with Gasteiger partial charge in [-0.05, 0) is 56.0 Å². The maximum Gasteiger partial charge on any atom is 0.339 e. The van der Waals surface area contributed by atoms with Crippen molar-refractivity contribution in [2.75, 3.05) is 27.6 Å². The molecule has 0 saturated carbocycles. The van der Waals surface area contributed by atoms with Crippen LogP contribution in [0.2, 0.25) is 0 Å². The molecule has 3 aromatic carbocycles. The zero-order valence-electron chi connectivity index (χ0n) is 25.5. The van der Waals surface area contributed by atoms with E-state index in [1.807, 2.05) is 58.0 Å². The molecular weight excluding hydrogens is 560 g/mol. The molecule has 0 aromatic heterocycles. The Balaban J connectivity index is 0.000000695. The number of aliphatic hydroxyl groups is 1. The maximum absolute atomic E-state index is 13.2. The molecule has 4 heterocycles. The van der Waals surface area contributed by atoms with E-state index in [0.717, 1.165) is 16.3 Å². The fourth-order valence-electron chi connectivity index (χ4n) is 5.57. The molecule has 0 radical (unpaired) electrons. The van der Waals surface area contributed by atoms with Gasteiger partial charge < -0.3 is 47.7 Å².